The SMILES string of the molecule is CNC(=O)c1cc(Oc2ccc(NC(=O)Nc3cccc(OCc4ccccc4Cl)c3)cc2)ccn1. The minimum atomic E-state index is -0.406. The van der Waals surface area contributed by atoms with Gasteiger partial charge in [0.1, 0.15) is 29.5 Å². The maximum atomic E-state index is 12.5. The monoisotopic (exact) mass is 502 g/mol. The molecule has 0 aliphatic carbocycles. The zero-order valence-corrected chi connectivity index (χ0v) is 20.1. The second kappa shape index (κ2) is 11.7. The minimum absolute atomic E-state index is 0.253. The van der Waals surface area contributed by atoms with Crippen LogP contribution in [0, 0.1) is 0 Å². The summed E-state index contributed by atoms with van der Waals surface area (Å²) in [4.78, 5) is 28.2. The van der Waals surface area contributed by atoms with E-state index in [0.29, 0.717) is 40.3 Å². The Labute approximate surface area is 213 Å². The fourth-order valence-corrected chi connectivity index (χ4v) is 3.39. The number of rotatable bonds is 8. The molecule has 9 heteroatoms. The Kier molecular flexibility index (Phi) is 8.00. The maximum absolute atomic E-state index is 12.5. The van der Waals surface area contributed by atoms with E-state index < -0.39 is 6.03 Å². The number of aromatic nitrogens is 1. The highest BCUT2D eigenvalue weighted by atomic mass is 35.5. The number of nitrogens with one attached hydrogen (secondary N) is 3. The average Bonchev–Trinajstić information content (AvgIpc) is 2.89. The van der Waals surface area contributed by atoms with Crippen LogP contribution in [0.25, 0.3) is 0 Å². The molecule has 0 aliphatic rings. The Balaban J connectivity index is 1.31. The molecule has 8 nitrogen and oxygen atoms in total. The van der Waals surface area contributed by atoms with E-state index in [2.05, 4.69) is 20.9 Å². The van der Waals surface area contributed by atoms with Crippen LogP contribution in [0.1, 0.15) is 16.1 Å². The molecule has 0 saturated carbocycles. The topological polar surface area (TPSA) is 102 Å². The fraction of sp³-hybridized carbons (Fsp3) is 0.0741. The minimum Gasteiger partial charge on any atom is -0.489 e. The number of carbonyl (C=O) groups is 2. The Hall–Kier alpha value is -4.56. The summed E-state index contributed by atoms with van der Waals surface area (Å²) in [6.45, 7) is 0.316. The van der Waals surface area contributed by atoms with Crippen LogP contribution in [0.15, 0.2) is 91.1 Å². The van der Waals surface area contributed by atoms with Gasteiger partial charge in [0.15, 0.2) is 0 Å². The molecule has 0 atom stereocenters. The van der Waals surface area contributed by atoms with Crippen molar-refractivity contribution < 1.29 is 19.1 Å². The van der Waals surface area contributed by atoms with Crippen LogP contribution in [0.5, 0.6) is 17.2 Å². The zero-order chi connectivity index (χ0) is 25.3. The molecule has 3 N–H and O–H groups in total. The lowest BCUT2D eigenvalue weighted by atomic mass is 10.2. The van der Waals surface area contributed by atoms with Gasteiger partial charge in [-0.1, -0.05) is 35.9 Å². The Bertz CT molecular complexity index is 1360. The molecular formula is C27H23ClN4O4. The number of hydrogen-bond donors (Lipinski definition) is 3. The number of pyridine rings is 1. The quantitative estimate of drug-likeness (QED) is 0.270. The van der Waals surface area contributed by atoms with Crippen LogP contribution in [0.3, 0.4) is 0 Å². The number of carbonyl (C=O) groups excluding carboxylic acids is 2. The first-order valence-corrected chi connectivity index (χ1v) is 11.4. The number of halogens is 1. The number of anilines is 2. The predicted octanol–water partition coefficient (Wildman–Crippen LogP) is 6.11. The molecule has 0 bridgehead atoms. The molecule has 0 aliphatic heterocycles. The maximum Gasteiger partial charge on any atom is 0.323 e. The third-order valence-electron chi connectivity index (χ3n) is 4.98. The molecule has 4 rings (SSSR count). The molecule has 0 unspecified atom stereocenters. The first-order chi connectivity index (χ1) is 17.5. The van der Waals surface area contributed by atoms with Gasteiger partial charge >= 0.3 is 6.03 Å². The Morgan fingerprint density at radius 1 is 0.833 bits per heavy atom. The highest BCUT2D eigenvalue weighted by molar-refractivity contribution is 6.31. The van der Waals surface area contributed by atoms with E-state index in [9.17, 15) is 9.59 Å². The summed E-state index contributed by atoms with van der Waals surface area (Å²) in [5.41, 5.74) is 2.28. The van der Waals surface area contributed by atoms with Gasteiger partial charge in [0.25, 0.3) is 5.91 Å². The standard InChI is InChI=1S/C27H23ClN4O4/c1-29-26(33)25-16-23(13-14-30-25)36-21-11-9-19(10-12-21)31-27(34)32-20-6-4-7-22(15-20)35-17-18-5-2-3-8-24(18)28/h2-16H,17H2,1H3,(H,29,33)(H2,31,32,34). The molecule has 0 spiro atoms. The van der Waals surface area contributed by atoms with Gasteiger partial charge < -0.3 is 25.4 Å². The fourth-order valence-electron chi connectivity index (χ4n) is 3.20. The number of urea groups is 1. The van der Waals surface area contributed by atoms with Crippen LogP contribution >= 0.6 is 11.6 Å². The van der Waals surface area contributed by atoms with Crippen molar-refractivity contribution in [3.8, 4) is 17.2 Å². The summed E-state index contributed by atoms with van der Waals surface area (Å²) in [6.07, 6.45) is 1.50. The van der Waals surface area contributed by atoms with Crippen LogP contribution in [0.2, 0.25) is 5.02 Å². The smallest absolute Gasteiger partial charge is 0.323 e. The number of nitrogens with zero attached hydrogens (tertiary/aromatic N) is 1. The van der Waals surface area contributed by atoms with Crippen molar-refractivity contribution in [1.29, 1.82) is 0 Å². The molecule has 0 radical (unpaired) electrons. The third kappa shape index (κ3) is 6.74. The van der Waals surface area contributed by atoms with Crippen molar-refractivity contribution in [2.75, 3.05) is 17.7 Å². The van der Waals surface area contributed by atoms with Crippen molar-refractivity contribution in [3.63, 3.8) is 0 Å². The van der Waals surface area contributed by atoms with Crippen molar-refractivity contribution in [1.82, 2.24) is 10.3 Å². The lowest BCUT2D eigenvalue weighted by Gasteiger charge is -2.11. The molecule has 36 heavy (non-hydrogen) atoms. The molecular weight excluding hydrogens is 480 g/mol. The summed E-state index contributed by atoms with van der Waals surface area (Å²) in [5, 5.41) is 8.71. The second-order valence-electron chi connectivity index (χ2n) is 7.57. The third-order valence-corrected chi connectivity index (χ3v) is 5.35. The van der Waals surface area contributed by atoms with E-state index in [4.69, 9.17) is 21.1 Å². The van der Waals surface area contributed by atoms with E-state index in [0.717, 1.165) is 5.56 Å². The lowest BCUT2D eigenvalue weighted by molar-refractivity contribution is 0.0958. The van der Waals surface area contributed by atoms with E-state index in [1.54, 1.807) is 60.7 Å². The van der Waals surface area contributed by atoms with Crippen LogP contribution in [-0.2, 0) is 6.61 Å². The van der Waals surface area contributed by atoms with Gasteiger partial charge in [-0.2, -0.15) is 0 Å². The van der Waals surface area contributed by atoms with Crippen molar-refractivity contribution in [3.05, 3.63) is 107 Å². The van der Waals surface area contributed by atoms with Gasteiger partial charge in [-0.3, -0.25) is 9.78 Å². The van der Waals surface area contributed by atoms with Crippen molar-refractivity contribution in [2.45, 2.75) is 6.61 Å². The summed E-state index contributed by atoms with van der Waals surface area (Å²) in [7, 11) is 1.53. The summed E-state index contributed by atoms with van der Waals surface area (Å²) in [6, 6.07) is 24.2. The summed E-state index contributed by atoms with van der Waals surface area (Å²) < 4.78 is 11.6. The highest BCUT2D eigenvalue weighted by Crippen LogP contribution is 2.24. The van der Waals surface area contributed by atoms with E-state index in [-0.39, 0.29) is 11.6 Å². The number of ether oxygens (including phenoxy) is 2. The van der Waals surface area contributed by atoms with Crippen LogP contribution in [0.4, 0.5) is 16.2 Å². The second-order valence-corrected chi connectivity index (χ2v) is 7.98. The molecule has 1 aromatic heterocycles. The van der Waals surface area contributed by atoms with Gasteiger partial charge in [-0.05, 0) is 48.5 Å². The summed E-state index contributed by atoms with van der Waals surface area (Å²) >= 11 is 6.17. The zero-order valence-electron chi connectivity index (χ0n) is 19.3. The van der Waals surface area contributed by atoms with Gasteiger partial charge in [0.2, 0.25) is 0 Å². The molecule has 1 heterocycles. The number of amides is 3. The Morgan fingerprint density at radius 3 is 2.39 bits per heavy atom. The van der Waals surface area contributed by atoms with E-state index >= 15 is 0 Å². The average molecular weight is 503 g/mol. The molecule has 4 aromatic rings. The van der Waals surface area contributed by atoms with Gasteiger partial charge in [0, 0.05) is 47.3 Å². The number of hydrogen-bond acceptors (Lipinski definition) is 5. The molecule has 0 fully saturated rings. The highest BCUT2D eigenvalue weighted by Gasteiger charge is 2.08. The predicted molar refractivity (Wildman–Crippen MR) is 139 cm³/mol. The van der Waals surface area contributed by atoms with Gasteiger partial charge in [0.05, 0.1) is 0 Å². The first-order valence-electron chi connectivity index (χ1n) is 11.0. The van der Waals surface area contributed by atoms with E-state index in [1.165, 1.54) is 13.2 Å². The van der Waals surface area contributed by atoms with E-state index in [1.807, 2.05) is 24.3 Å². The molecule has 0 saturated heterocycles. The summed E-state index contributed by atoms with van der Waals surface area (Å²) in [5.74, 6) is 1.31. The van der Waals surface area contributed by atoms with Crippen LogP contribution in [-0.4, -0.2) is 24.0 Å². The molecule has 3 aromatic carbocycles. The lowest BCUT2D eigenvalue weighted by Crippen LogP contribution is -2.19. The van der Waals surface area contributed by atoms with Crippen molar-refractivity contribution in [2.24, 2.45) is 0 Å². The first kappa shape index (κ1) is 24.6. The number of benzene rings is 3. The molecule has 182 valence electrons. The van der Waals surface area contributed by atoms with Gasteiger partial charge in [-0.25, -0.2) is 4.79 Å². The largest absolute Gasteiger partial charge is 0.489 e. The van der Waals surface area contributed by atoms with Crippen LogP contribution < -0.4 is 25.4 Å². The molecule has 3 amide bonds. The van der Waals surface area contributed by atoms with Crippen molar-refractivity contribution >= 4 is 34.9 Å². The Morgan fingerprint density at radius 2 is 1.61 bits per heavy atom. The van der Waals surface area contributed by atoms with Gasteiger partial charge in [-0.15, -0.1) is 0 Å². The normalized spacial score (nSPS) is 10.3.